The number of ether oxygens (including phenoxy) is 3. The van der Waals surface area contributed by atoms with Gasteiger partial charge in [0.15, 0.2) is 16.3 Å². The van der Waals surface area contributed by atoms with Gasteiger partial charge >= 0.3 is 5.97 Å². The molecule has 3 aromatic carbocycles. The van der Waals surface area contributed by atoms with Crippen molar-refractivity contribution in [1.29, 1.82) is 0 Å². The van der Waals surface area contributed by atoms with E-state index in [1.165, 1.54) is 15.9 Å². The Labute approximate surface area is 236 Å². The molecular formula is C32H30N2O5S. The van der Waals surface area contributed by atoms with Crippen molar-refractivity contribution in [2.24, 2.45) is 4.99 Å². The molecule has 0 fully saturated rings. The summed E-state index contributed by atoms with van der Waals surface area (Å²) in [6.07, 6.45) is 1.84. The molecule has 2 heterocycles. The number of allylic oxidation sites excluding steroid dienone is 1. The summed E-state index contributed by atoms with van der Waals surface area (Å²) in [5, 5.41) is 0. The van der Waals surface area contributed by atoms with Gasteiger partial charge in [-0.1, -0.05) is 78.1 Å². The number of hydrogen-bond acceptors (Lipinski definition) is 7. The van der Waals surface area contributed by atoms with Gasteiger partial charge in [-0.05, 0) is 55.7 Å². The van der Waals surface area contributed by atoms with Crippen LogP contribution >= 0.6 is 11.3 Å². The molecular weight excluding hydrogens is 524 g/mol. The van der Waals surface area contributed by atoms with E-state index < -0.39 is 12.0 Å². The van der Waals surface area contributed by atoms with Crippen LogP contribution in [-0.2, 0) is 16.1 Å². The maximum atomic E-state index is 13.4. The van der Waals surface area contributed by atoms with E-state index >= 15 is 0 Å². The number of aromatic nitrogens is 1. The zero-order chi connectivity index (χ0) is 28.1. The van der Waals surface area contributed by atoms with E-state index in [4.69, 9.17) is 19.2 Å². The van der Waals surface area contributed by atoms with E-state index in [0.717, 1.165) is 16.7 Å². The average molecular weight is 555 g/mol. The van der Waals surface area contributed by atoms with Crippen LogP contribution in [0.4, 0.5) is 0 Å². The van der Waals surface area contributed by atoms with Crippen molar-refractivity contribution in [2.45, 2.75) is 33.4 Å². The molecule has 5 rings (SSSR count). The summed E-state index contributed by atoms with van der Waals surface area (Å²) in [5.74, 6) is 0.643. The lowest BCUT2D eigenvalue weighted by Crippen LogP contribution is -2.35. The van der Waals surface area contributed by atoms with Crippen LogP contribution in [0.1, 0.15) is 43.5 Å². The minimum absolute atomic E-state index is 0.206. The van der Waals surface area contributed by atoms with Gasteiger partial charge in [0.05, 0.1) is 23.3 Å². The molecule has 0 saturated carbocycles. The van der Waals surface area contributed by atoms with Gasteiger partial charge < -0.3 is 14.2 Å². The van der Waals surface area contributed by atoms with Gasteiger partial charge in [-0.25, -0.2) is 9.79 Å². The van der Waals surface area contributed by atoms with Gasteiger partial charge in [0.2, 0.25) is 0 Å². The molecule has 0 saturated heterocycles. The van der Waals surface area contributed by atoms with Crippen molar-refractivity contribution in [3.05, 3.63) is 121 Å². The SMILES string of the molecule is CCOC(=O)C1=C(C)n2c(s/c(=C\c3ccccc3)c2=O)=N[C@H]1c1ccc(OCc2ccccc2)c(OCC)c1. The highest BCUT2D eigenvalue weighted by molar-refractivity contribution is 7.07. The Morgan fingerprint density at radius 2 is 1.68 bits per heavy atom. The fourth-order valence-electron chi connectivity index (χ4n) is 4.58. The van der Waals surface area contributed by atoms with Gasteiger partial charge in [-0.15, -0.1) is 0 Å². The van der Waals surface area contributed by atoms with E-state index in [1.54, 1.807) is 13.8 Å². The highest BCUT2D eigenvalue weighted by Crippen LogP contribution is 2.37. The van der Waals surface area contributed by atoms with Crippen molar-refractivity contribution >= 4 is 29.1 Å². The lowest BCUT2D eigenvalue weighted by molar-refractivity contribution is -0.138. The Balaban J connectivity index is 1.60. The largest absolute Gasteiger partial charge is 0.490 e. The van der Waals surface area contributed by atoms with Crippen LogP contribution in [0.3, 0.4) is 0 Å². The number of esters is 1. The minimum atomic E-state index is -0.677. The van der Waals surface area contributed by atoms with Crippen molar-refractivity contribution in [1.82, 2.24) is 4.57 Å². The molecule has 1 aliphatic rings. The molecule has 204 valence electrons. The number of benzene rings is 3. The van der Waals surface area contributed by atoms with Crippen molar-refractivity contribution < 1.29 is 19.0 Å². The van der Waals surface area contributed by atoms with Crippen LogP contribution in [-0.4, -0.2) is 23.8 Å². The van der Waals surface area contributed by atoms with Crippen LogP contribution in [0.25, 0.3) is 11.8 Å². The number of hydrogen-bond donors (Lipinski definition) is 0. The van der Waals surface area contributed by atoms with Crippen molar-refractivity contribution in [3.8, 4) is 11.5 Å². The molecule has 7 nitrogen and oxygen atoms in total. The Hall–Kier alpha value is -4.43. The fraction of sp³-hybridized carbons (Fsp3) is 0.219. The third kappa shape index (κ3) is 5.62. The predicted octanol–water partition coefficient (Wildman–Crippen LogP) is 4.88. The molecule has 40 heavy (non-hydrogen) atoms. The fourth-order valence-corrected chi connectivity index (χ4v) is 5.62. The standard InChI is InChI=1S/C32H30N2O5S/c1-4-37-26-19-24(16-17-25(26)39-20-23-14-10-7-11-15-23)29-28(31(36)38-5-2)21(3)34-30(35)27(40-32(34)33-29)18-22-12-8-6-9-13-22/h6-19,29H,4-5,20H2,1-3H3/b27-18-/t29-/m0/s1. The van der Waals surface area contributed by atoms with Gasteiger partial charge in [0.25, 0.3) is 5.56 Å². The lowest BCUT2D eigenvalue weighted by Gasteiger charge is -2.23. The predicted molar refractivity (Wildman–Crippen MR) is 156 cm³/mol. The number of thiazole rings is 1. The zero-order valence-electron chi connectivity index (χ0n) is 22.6. The summed E-state index contributed by atoms with van der Waals surface area (Å²) >= 11 is 1.30. The number of rotatable bonds is 9. The van der Waals surface area contributed by atoms with E-state index in [2.05, 4.69) is 0 Å². The summed E-state index contributed by atoms with van der Waals surface area (Å²) in [6, 6.07) is 24.4. The van der Waals surface area contributed by atoms with Crippen LogP contribution < -0.4 is 24.4 Å². The first kappa shape index (κ1) is 27.1. The third-order valence-electron chi connectivity index (χ3n) is 6.46. The Morgan fingerprint density at radius 1 is 0.950 bits per heavy atom. The first-order valence-electron chi connectivity index (χ1n) is 13.2. The second kappa shape index (κ2) is 12.2. The molecule has 0 bridgehead atoms. The van der Waals surface area contributed by atoms with Crippen molar-refractivity contribution in [3.63, 3.8) is 0 Å². The molecule has 0 N–H and O–H groups in total. The summed E-state index contributed by atoms with van der Waals surface area (Å²) in [4.78, 5) is 32.1. The summed E-state index contributed by atoms with van der Waals surface area (Å²) in [5.41, 5.74) is 3.29. The molecule has 0 aliphatic carbocycles. The monoisotopic (exact) mass is 554 g/mol. The first-order valence-corrected chi connectivity index (χ1v) is 14.0. The molecule has 0 unspecified atom stereocenters. The second-order valence-corrected chi connectivity index (χ2v) is 10.1. The molecule has 1 aromatic heterocycles. The minimum Gasteiger partial charge on any atom is -0.490 e. The van der Waals surface area contributed by atoms with E-state index in [9.17, 15) is 9.59 Å². The third-order valence-corrected chi connectivity index (χ3v) is 7.44. The highest BCUT2D eigenvalue weighted by Gasteiger charge is 2.32. The maximum absolute atomic E-state index is 13.4. The molecule has 0 radical (unpaired) electrons. The summed E-state index contributed by atoms with van der Waals surface area (Å²) < 4.78 is 19.5. The molecule has 1 atom stereocenters. The first-order chi connectivity index (χ1) is 19.5. The van der Waals surface area contributed by atoms with E-state index in [0.29, 0.717) is 45.3 Å². The maximum Gasteiger partial charge on any atom is 0.338 e. The lowest BCUT2D eigenvalue weighted by atomic mass is 9.96. The Morgan fingerprint density at radius 3 is 2.38 bits per heavy atom. The van der Waals surface area contributed by atoms with Gasteiger partial charge in [-0.3, -0.25) is 9.36 Å². The molecule has 4 aromatic rings. The topological polar surface area (TPSA) is 79.1 Å². The second-order valence-electron chi connectivity index (χ2n) is 9.11. The number of carbonyl (C=O) groups excluding carboxylic acids is 1. The zero-order valence-corrected chi connectivity index (χ0v) is 23.4. The van der Waals surface area contributed by atoms with Crippen LogP contribution in [0, 0.1) is 0 Å². The van der Waals surface area contributed by atoms with E-state index in [1.807, 2.05) is 91.9 Å². The molecule has 1 aliphatic heterocycles. The average Bonchev–Trinajstić information content (AvgIpc) is 3.28. The Kier molecular flexibility index (Phi) is 8.26. The number of carbonyl (C=O) groups is 1. The van der Waals surface area contributed by atoms with Crippen LogP contribution in [0.2, 0.25) is 0 Å². The van der Waals surface area contributed by atoms with Crippen molar-refractivity contribution in [2.75, 3.05) is 13.2 Å². The van der Waals surface area contributed by atoms with Gasteiger partial charge in [0.1, 0.15) is 12.6 Å². The van der Waals surface area contributed by atoms with Gasteiger partial charge in [0, 0.05) is 5.70 Å². The number of nitrogens with zero attached hydrogens (tertiary/aromatic N) is 2. The quantitative estimate of drug-likeness (QED) is 0.276. The molecule has 8 heteroatoms. The summed E-state index contributed by atoms with van der Waals surface area (Å²) in [7, 11) is 0. The Bertz CT molecular complexity index is 1720. The van der Waals surface area contributed by atoms with Crippen LogP contribution in [0.5, 0.6) is 11.5 Å². The highest BCUT2D eigenvalue weighted by atomic mass is 32.1. The van der Waals surface area contributed by atoms with E-state index in [-0.39, 0.29) is 12.2 Å². The molecule has 0 spiro atoms. The smallest absolute Gasteiger partial charge is 0.338 e. The number of fused-ring (bicyclic) bond motifs is 1. The molecule has 0 amide bonds. The summed E-state index contributed by atoms with van der Waals surface area (Å²) in [6.45, 7) is 6.46. The normalized spacial score (nSPS) is 14.9. The van der Waals surface area contributed by atoms with Crippen LogP contribution in [0.15, 0.2) is 94.2 Å². The van der Waals surface area contributed by atoms with Gasteiger partial charge in [-0.2, -0.15) is 0 Å².